The summed E-state index contributed by atoms with van der Waals surface area (Å²) in [5.74, 6) is 1.66. The molecule has 1 aliphatic heterocycles. The second-order valence-electron chi connectivity index (χ2n) is 4.43. The lowest BCUT2D eigenvalue weighted by molar-refractivity contribution is 0.323. The quantitative estimate of drug-likeness (QED) is 0.881. The van der Waals surface area contributed by atoms with E-state index >= 15 is 0 Å². The van der Waals surface area contributed by atoms with E-state index in [1.165, 1.54) is 5.56 Å². The van der Waals surface area contributed by atoms with Crippen molar-refractivity contribution < 1.29 is 4.74 Å². The lowest BCUT2D eigenvalue weighted by atomic mass is 10.2. The number of nitrogens with zero attached hydrogens (tertiary/aromatic N) is 2. The van der Waals surface area contributed by atoms with Gasteiger partial charge in [-0.05, 0) is 18.6 Å². The first kappa shape index (κ1) is 11.8. The molecule has 5 nitrogen and oxygen atoms in total. The highest BCUT2D eigenvalue weighted by Gasteiger charge is 2.14. The van der Waals surface area contributed by atoms with Gasteiger partial charge in [0.1, 0.15) is 18.0 Å². The third-order valence-electron chi connectivity index (χ3n) is 3.12. The molecule has 0 unspecified atom stereocenters. The Morgan fingerprint density at radius 3 is 3.16 bits per heavy atom. The molecule has 2 N–H and O–H groups in total. The van der Waals surface area contributed by atoms with Gasteiger partial charge in [-0.25, -0.2) is 4.98 Å². The Kier molecular flexibility index (Phi) is 3.18. The van der Waals surface area contributed by atoms with Crippen LogP contribution in [0.25, 0.3) is 0 Å². The molecule has 0 bridgehead atoms. The third-order valence-corrected chi connectivity index (χ3v) is 3.12. The molecular weight excluding hydrogens is 240 g/mol. The van der Waals surface area contributed by atoms with Crippen molar-refractivity contribution >= 4 is 11.5 Å². The molecule has 0 amide bonds. The number of aromatic nitrogens is 2. The Morgan fingerprint density at radius 2 is 2.26 bits per heavy atom. The van der Waals surface area contributed by atoms with Gasteiger partial charge in [0.25, 0.3) is 0 Å². The van der Waals surface area contributed by atoms with Crippen LogP contribution in [0.1, 0.15) is 11.3 Å². The van der Waals surface area contributed by atoms with E-state index in [1.54, 1.807) is 12.4 Å². The van der Waals surface area contributed by atoms with Crippen molar-refractivity contribution in [1.82, 2.24) is 9.97 Å². The number of fused-ring (bicyclic) bond motifs is 1. The second-order valence-corrected chi connectivity index (χ2v) is 4.43. The smallest absolute Gasteiger partial charge is 0.153 e. The zero-order valence-corrected chi connectivity index (χ0v) is 10.8. The molecule has 98 valence electrons. The molecule has 5 heteroatoms. The topological polar surface area (TPSA) is 59.1 Å². The van der Waals surface area contributed by atoms with E-state index in [0.29, 0.717) is 13.2 Å². The zero-order valence-electron chi connectivity index (χ0n) is 10.8. The predicted molar refractivity (Wildman–Crippen MR) is 74.5 cm³/mol. The molecule has 1 aliphatic rings. The Morgan fingerprint density at radius 1 is 1.32 bits per heavy atom. The number of ether oxygens (including phenoxy) is 1. The highest BCUT2D eigenvalue weighted by molar-refractivity contribution is 5.72. The van der Waals surface area contributed by atoms with E-state index in [-0.39, 0.29) is 0 Å². The average Bonchev–Trinajstić information content (AvgIpc) is 2.46. The average molecular weight is 256 g/mol. The van der Waals surface area contributed by atoms with E-state index in [1.807, 2.05) is 12.1 Å². The van der Waals surface area contributed by atoms with Crippen LogP contribution in [-0.4, -0.2) is 23.1 Å². The van der Waals surface area contributed by atoms with Crippen LogP contribution in [0.5, 0.6) is 5.75 Å². The molecule has 2 aromatic heterocycles. The second kappa shape index (κ2) is 5.14. The predicted octanol–water partition coefficient (Wildman–Crippen LogP) is 2.20. The standard InChI is InChI=1S/C14H16N4O/c1-10-3-2-5-15-11(10)9-18-14-13-12(4-6-17-14)19-8-7-16-13/h2-6,16H,7-9H2,1H3,(H,17,18). The maximum absolute atomic E-state index is 5.58. The number of pyridine rings is 2. The minimum atomic E-state index is 0.651. The third kappa shape index (κ3) is 2.45. The minimum Gasteiger partial charge on any atom is -0.489 e. The summed E-state index contributed by atoms with van der Waals surface area (Å²) in [4.78, 5) is 8.72. The van der Waals surface area contributed by atoms with Crippen LogP contribution in [0.4, 0.5) is 11.5 Å². The largest absolute Gasteiger partial charge is 0.489 e. The van der Waals surface area contributed by atoms with Crippen LogP contribution in [0, 0.1) is 6.92 Å². The van der Waals surface area contributed by atoms with Gasteiger partial charge in [-0.15, -0.1) is 0 Å². The normalized spacial score (nSPS) is 13.1. The first-order chi connectivity index (χ1) is 9.34. The summed E-state index contributed by atoms with van der Waals surface area (Å²) in [6.45, 7) is 4.20. The Hall–Kier alpha value is -2.30. The van der Waals surface area contributed by atoms with Gasteiger partial charge in [0, 0.05) is 25.0 Å². The van der Waals surface area contributed by atoms with Gasteiger partial charge in [0.05, 0.1) is 12.2 Å². The lowest BCUT2D eigenvalue weighted by Gasteiger charge is -2.21. The van der Waals surface area contributed by atoms with Crippen molar-refractivity contribution in [1.29, 1.82) is 0 Å². The van der Waals surface area contributed by atoms with Crippen LogP contribution >= 0.6 is 0 Å². The van der Waals surface area contributed by atoms with Crippen molar-refractivity contribution in [3.63, 3.8) is 0 Å². The molecule has 3 rings (SSSR count). The first-order valence-corrected chi connectivity index (χ1v) is 6.34. The van der Waals surface area contributed by atoms with E-state index in [9.17, 15) is 0 Å². The Balaban J connectivity index is 1.79. The maximum atomic E-state index is 5.58. The molecule has 0 aliphatic carbocycles. The molecule has 19 heavy (non-hydrogen) atoms. The number of rotatable bonds is 3. The van der Waals surface area contributed by atoms with E-state index in [4.69, 9.17) is 4.74 Å². The van der Waals surface area contributed by atoms with Crippen molar-refractivity contribution in [3.05, 3.63) is 41.9 Å². The number of anilines is 2. The van der Waals surface area contributed by atoms with Gasteiger partial charge < -0.3 is 15.4 Å². The summed E-state index contributed by atoms with van der Waals surface area (Å²) in [6.07, 6.45) is 3.55. The highest BCUT2D eigenvalue weighted by Crippen LogP contribution is 2.32. The molecule has 3 heterocycles. The molecular formula is C14H16N4O. The van der Waals surface area contributed by atoms with E-state index in [2.05, 4.69) is 33.6 Å². The van der Waals surface area contributed by atoms with Crippen molar-refractivity contribution in [2.45, 2.75) is 13.5 Å². The molecule has 0 aromatic carbocycles. The fourth-order valence-corrected chi connectivity index (χ4v) is 2.08. The zero-order chi connectivity index (χ0) is 13.1. The number of hydrogen-bond donors (Lipinski definition) is 2. The fraction of sp³-hybridized carbons (Fsp3) is 0.286. The van der Waals surface area contributed by atoms with Gasteiger partial charge >= 0.3 is 0 Å². The van der Waals surface area contributed by atoms with E-state index in [0.717, 1.165) is 29.5 Å². The van der Waals surface area contributed by atoms with Crippen LogP contribution in [-0.2, 0) is 6.54 Å². The van der Waals surface area contributed by atoms with Crippen LogP contribution in [0.15, 0.2) is 30.6 Å². The highest BCUT2D eigenvalue weighted by atomic mass is 16.5. The molecule has 0 atom stereocenters. The van der Waals surface area contributed by atoms with Crippen LogP contribution < -0.4 is 15.4 Å². The molecule has 0 fully saturated rings. The van der Waals surface area contributed by atoms with E-state index < -0.39 is 0 Å². The number of aryl methyl sites for hydroxylation is 1. The number of nitrogens with one attached hydrogen (secondary N) is 2. The fourth-order valence-electron chi connectivity index (χ4n) is 2.08. The monoisotopic (exact) mass is 256 g/mol. The van der Waals surface area contributed by atoms with Crippen molar-refractivity contribution in [2.24, 2.45) is 0 Å². The molecule has 0 saturated heterocycles. The van der Waals surface area contributed by atoms with Gasteiger partial charge in [-0.3, -0.25) is 4.98 Å². The summed E-state index contributed by atoms with van der Waals surface area (Å²) in [5.41, 5.74) is 3.13. The maximum Gasteiger partial charge on any atom is 0.153 e. The van der Waals surface area contributed by atoms with Gasteiger partial charge in [0.15, 0.2) is 5.82 Å². The summed E-state index contributed by atoms with van der Waals surface area (Å²) >= 11 is 0. The first-order valence-electron chi connectivity index (χ1n) is 6.34. The van der Waals surface area contributed by atoms with Crippen LogP contribution in [0.2, 0.25) is 0 Å². The summed E-state index contributed by atoms with van der Waals surface area (Å²) in [5, 5.41) is 6.63. The van der Waals surface area contributed by atoms with Gasteiger partial charge in [0.2, 0.25) is 0 Å². The van der Waals surface area contributed by atoms with Gasteiger partial charge in [-0.1, -0.05) is 6.07 Å². The van der Waals surface area contributed by atoms with Crippen LogP contribution in [0.3, 0.4) is 0 Å². The molecule has 0 saturated carbocycles. The molecule has 2 aromatic rings. The number of hydrogen-bond acceptors (Lipinski definition) is 5. The minimum absolute atomic E-state index is 0.651. The van der Waals surface area contributed by atoms with Crippen molar-refractivity contribution in [2.75, 3.05) is 23.8 Å². The summed E-state index contributed by atoms with van der Waals surface area (Å²) in [6, 6.07) is 5.87. The lowest BCUT2D eigenvalue weighted by Crippen LogP contribution is -2.20. The Bertz CT molecular complexity index is 585. The SMILES string of the molecule is Cc1cccnc1CNc1nccc2c1NCCO2. The molecule has 0 radical (unpaired) electrons. The molecule has 0 spiro atoms. The Labute approximate surface area is 112 Å². The summed E-state index contributed by atoms with van der Waals surface area (Å²) in [7, 11) is 0. The summed E-state index contributed by atoms with van der Waals surface area (Å²) < 4.78 is 5.58. The van der Waals surface area contributed by atoms with Crippen molar-refractivity contribution in [3.8, 4) is 5.75 Å². The van der Waals surface area contributed by atoms with Gasteiger partial charge in [-0.2, -0.15) is 0 Å².